The number of rotatable bonds is 4. The molecule has 0 aromatic heterocycles. The zero-order valence-corrected chi connectivity index (χ0v) is 14.1. The normalized spacial score (nSPS) is 12.3. The summed E-state index contributed by atoms with van der Waals surface area (Å²) in [5.74, 6) is 1.07. The minimum Gasteiger partial charge on any atom is -0.486 e. The summed E-state index contributed by atoms with van der Waals surface area (Å²) in [4.78, 5) is 12.5. The third kappa shape index (κ3) is 3.62. The number of anilines is 3. The number of hydrogen-bond acceptors (Lipinski definition) is 4. The number of para-hydroxylation sites is 1. The van der Waals surface area contributed by atoms with Gasteiger partial charge in [-0.15, -0.1) is 0 Å². The van der Waals surface area contributed by atoms with Gasteiger partial charge in [-0.3, -0.25) is 4.79 Å². The summed E-state index contributed by atoms with van der Waals surface area (Å²) in [6, 6.07) is 22.7. The van der Waals surface area contributed by atoms with E-state index in [0.29, 0.717) is 36.0 Å². The fraction of sp³-hybridized carbons (Fsp3) is 0.0952. The molecule has 1 aliphatic rings. The summed E-state index contributed by atoms with van der Waals surface area (Å²) >= 11 is 0. The van der Waals surface area contributed by atoms with Gasteiger partial charge in [0.25, 0.3) is 5.91 Å². The van der Waals surface area contributed by atoms with Crippen molar-refractivity contribution in [3.8, 4) is 11.5 Å². The highest BCUT2D eigenvalue weighted by Crippen LogP contribution is 2.31. The molecule has 1 amide bonds. The summed E-state index contributed by atoms with van der Waals surface area (Å²) in [5.41, 5.74) is 3.13. The monoisotopic (exact) mass is 346 g/mol. The molecule has 0 spiro atoms. The number of amides is 1. The van der Waals surface area contributed by atoms with E-state index in [2.05, 4.69) is 10.6 Å². The fourth-order valence-corrected chi connectivity index (χ4v) is 2.75. The summed E-state index contributed by atoms with van der Waals surface area (Å²) in [5, 5.41) is 6.23. The molecule has 0 saturated carbocycles. The molecule has 130 valence electrons. The van der Waals surface area contributed by atoms with Crippen molar-refractivity contribution in [1.82, 2.24) is 0 Å². The maximum Gasteiger partial charge on any atom is 0.255 e. The van der Waals surface area contributed by atoms with Crippen LogP contribution in [0.3, 0.4) is 0 Å². The lowest BCUT2D eigenvalue weighted by molar-refractivity contribution is 0.102. The molecule has 4 rings (SSSR count). The third-order valence-electron chi connectivity index (χ3n) is 3.99. The van der Waals surface area contributed by atoms with Gasteiger partial charge in [-0.1, -0.05) is 24.3 Å². The van der Waals surface area contributed by atoms with Crippen molar-refractivity contribution in [1.29, 1.82) is 0 Å². The molecule has 26 heavy (non-hydrogen) atoms. The highest BCUT2D eigenvalue weighted by atomic mass is 16.6. The van der Waals surface area contributed by atoms with Gasteiger partial charge in [-0.05, 0) is 48.5 Å². The Morgan fingerprint density at radius 1 is 0.731 bits per heavy atom. The van der Waals surface area contributed by atoms with Crippen LogP contribution in [0.25, 0.3) is 0 Å². The second kappa shape index (κ2) is 7.19. The Kier molecular flexibility index (Phi) is 4.43. The Bertz CT molecular complexity index is 926. The smallest absolute Gasteiger partial charge is 0.255 e. The van der Waals surface area contributed by atoms with Gasteiger partial charge in [0.2, 0.25) is 0 Å². The van der Waals surface area contributed by atoms with E-state index in [0.717, 1.165) is 11.4 Å². The maximum absolute atomic E-state index is 12.5. The molecule has 2 N–H and O–H groups in total. The number of hydrogen-bond donors (Lipinski definition) is 2. The highest BCUT2D eigenvalue weighted by Gasteiger charge is 2.15. The standard InChI is InChI=1S/C21H18N2O3/c24-21(15-9-10-19-20(13-15)26-12-11-25-19)23-18-8-4-7-17(14-18)22-16-5-2-1-3-6-16/h1-10,13-14,22H,11-12H2,(H,23,24). The maximum atomic E-state index is 12.5. The van der Waals surface area contributed by atoms with Crippen molar-refractivity contribution >= 4 is 23.0 Å². The van der Waals surface area contributed by atoms with Gasteiger partial charge >= 0.3 is 0 Å². The van der Waals surface area contributed by atoms with Crippen molar-refractivity contribution in [2.75, 3.05) is 23.8 Å². The molecule has 0 saturated heterocycles. The molecular formula is C21H18N2O3. The summed E-state index contributed by atoms with van der Waals surface area (Å²) in [6.45, 7) is 1.02. The lowest BCUT2D eigenvalue weighted by atomic mass is 10.1. The van der Waals surface area contributed by atoms with Gasteiger partial charge in [0.1, 0.15) is 13.2 Å². The summed E-state index contributed by atoms with van der Waals surface area (Å²) in [7, 11) is 0. The van der Waals surface area contributed by atoms with Gasteiger partial charge in [0.05, 0.1) is 0 Å². The van der Waals surface area contributed by atoms with E-state index in [4.69, 9.17) is 9.47 Å². The number of carbonyl (C=O) groups is 1. The van der Waals surface area contributed by atoms with E-state index < -0.39 is 0 Å². The molecule has 0 bridgehead atoms. The fourth-order valence-electron chi connectivity index (χ4n) is 2.75. The van der Waals surface area contributed by atoms with E-state index in [1.165, 1.54) is 0 Å². The molecule has 0 fully saturated rings. The first-order valence-corrected chi connectivity index (χ1v) is 8.41. The predicted molar refractivity (Wildman–Crippen MR) is 102 cm³/mol. The lowest BCUT2D eigenvalue weighted by Gasteiger charge is -2.18. The van der Waals surface area contributed by atoms with E-state index in [1.807, 2.05) is 54.6 Å². The number of ether oxygens (including phenoxy) is 2. The first-order chi connectivity index (χ1) is 12.8. The highest BCUT2D eigenvalue weighted by molar-refractivity contribution is 6.04. The predicted octanol–water partition coefficient (Wildman–Crippen LogP) is 4.45. The van der Waals surface area contributed by atoms with Crippen LogP contribution in [0.2, 0.25) is 0 Å². The minimum absolute atomic E-state index is 0.196. The van der Waals surface area contributed by atoms with Crippen molar-refractivity contribution in [2.45, 2.75) is 0 Å². The van der Waals surface area contributed by atoms with E-state index in [9.17, 15) is 4.79 Å². The van der Waals surface area contributed by atoms with Gasteiger partial charge < -0.3 is 20.1 Å². The number of carbonyl (C=O) groups excluding carboxylic acids is 1. The minimum atomic E-state index is -0.196. The molecule has 0 unspecified atom stereocenters. The van der Waals surface area contributed by atoms with E-state index in [1.54, 1.807) is 18.2 Å². The average Bonchev–Trinajstić information content (AvgIpc) is 2.68. The molecule has 5 heteroatoms. The van der Waals surface area contributed by atoms with Crippen molar-refractivity contribution in [2.24, 2.45) is 0 Å². The van der Waals surface area contributed by atoms with Gasteiger partial charge in [0, 0.05) is 22.6 Å². The molecule has 1 aliphatic heterocycles. The molecule has 5 nitrogen and oxygen atoms in total. The first-order valence-electron chi connectivity index (χ1n) is 8.41. The van der Waals surface area contributed by atoms with Gasteiger partial charge in [-0.25, -0.2) is 0 Å². The quantitative estimate of drug-likeness (QED) is 0.732. The van der Waals surface area contributed by atoms with Crippen LogP contribution in [0.4, 0.5) is 17.1 Å². The van der Waals surface area contributed by atoms with E-state index in [-0.39, 0.29) is 5.91 Å². The van der Waals surface area contributed by atoms with Crippen molar-refractivity contribution < 1.29 is 14.3 Å². The Morgan fingerprint density at radius 3 is 2.31 bits per heavy atom. The SMILES string of the molecule is O=C(Nc1cccc(Nc2ccccc2)c1)c1ccc2c(c1)OCCO2. The van der Waals surface area contributed by atoms with Crippen molar-refractivity contribution in [3.63, 3.8) is 0 Å². The van der Waals surface area contributed by atoms with Gasteiger partial charge in [-0.2, -0.15) is 0 Å². The van der Waals surface area contributed by atoms with Crippen LogP contribution in [0.1, 0.15) is 10.4 Å². The number of nitrogens with one attached hydrogen (secondary N) is 2. The van der Waals surface area contributed by atoms with Crippen LogP contribution in [-0.2, 0) is 0 Å². The van der Waals surface area contributed by atoms with Crippen LogP contribution in [0.15, 0.2) is 72.8 Å². The topological polar surface area (TPSA) is 59.6 Å². The largest absolute Gasteiger partial charge is 0.486 e. The molecule has 1 heterocycles. The molecule has 3 aromatic rings. The molecular weight excluding hydrogens is 328 g/mol. The van der Waals surface area contributed by atoms with Gasteiger partial charge in [0.15, 0.2) is 11.5 Å². The zero-order valence-electron chi connectivity index (χ0n) is 14.1. The number of fused-ring (bicyclic) bond motifs is 1. The van der Waals surface area contributed by atoms with Crippen LogP contribution < -0.4 is 20.1 Å². The van der Waals surface area contributed by atoms with Crippen LogP contribution in [0, 0.1) is 0 Å². The Balaban J connectivity index is 1.48. The van der Waals surface area contributed by atoms with Crippen molar-refractivity contribution in [3.05, 3.63) is 78.4 Å². The number of benzene rings is 3. The molecule has 0 aliphatic carbocycles. The average molecular weight is 346 g/mol. The Morgan fingerprint density at radius 2 is 1.46 bits per heavy atom. The second-order valence-corrected chi connectivity index (χ2v) is 5.88. The molecule has 0 radical (unpaired) electrons. The zero-order chi connectivity index (χ0) is 17.8. The van der Waals surface area contributed by atoms with E-state index >= 15 is 0 Å². The van der Waals surface area contributed by atoms with Crippen LogP contribution in [-0.4, -0.2) is 19.1 Å². The third-order valence-corrected chi connectivity index (χ3v) is 3.99. The van der Waals surface area contributed by atoms with Crippen LogP contribution >= 0.6 is 0 Å². The summed E-state index contributed by atoms with van der Waals surface area (Å²) < 4.78 is 11.0. The second-order valence-electron chi connectivity index (χ2n) is 5.88. The summed E-state index contributed by atoms with van der Waals surface area (Å²) in [6.07, 6.45) is 0. The molecule has 3 aromatic carbocycles. The molecule has 0 atom stereocenters. The van der Waals surface area contributed by atoms with Crippen LogP contribution in [0.5, 0.6) is 11.5 Å². The first kappa shape index (κ1) is 16.0. The Labute approximate surface area is 151 Å². The lowest BCUT2D eigenvalue weighted by Crippen LogP contribution is -2.17. The Hall–Kier alpha value is -3.47.